The maximum Gasteiger partial charge on any atom is 0.225 e. The molecule has 1 heterocycles. The lowest BCUT2D eigenvalue weighted by molar-refractivity contribution is -0.121. The minimum absolute atomic E-state index is 0.0154. The fourth-order valence-electron chi connectivity index (χ4n) is 3.07. The highest BCUT2D eigenvalue weighted by atomic mass is 16.5. The summed E-state index contributed by atoms with van der Waals surface area (Å²) in [5.74, 6) is 1.38. The lowest BCUT2D eigenvalue weighted by atomic mass is 10.1. The number of aryl methyl sites for hydroxylation is 1. The number of nitrogens with one attached hydrogen (secondary N) is 1. The van der Waals surface area contributed by atoms with Gasteiger partial charge >= 0.3 is 0 Å². The minimum atomic E-state index is -0.0514. The molecule has 1 unspecified atom stereocenters. The number of ether oxygens (including phenoxy) is 1. The average molecular weight is 357 g/mol. The standard InChI is InChI=1S/C21H31N3O2/c1-7-26-19-10-8-18(9-11-19)15(4)22-21(25)12-20-16(5)23-24(17(20)6)13-14(2)3/h8-11,14-15H,7,12-13H2,1-6H3,(H,22,25). The summed E-state index contributed by atoms with van der Waals surface area (Å²) in [6.07, 6.45) is 0.358. The van der Waals surface area contributed by atoms with Crippen LogP contribution in [0.3, 0.4) is 0 Å². The third-order valence-electron chi connectivity index (χ3n) is 4.48. The zero-order chi connectivity index (χ0) is 19.3. The number of hydrogen-bond donors (Lipinski definition) is 1. The maximum atomic E-state index is 12.5. The van der Waals surface area contributed by atoms with Gasteiger partial charge < -0.3 is 10.1 Å². The molecule has 142 valence electrons. The molecular formula is C21H31N3O2. The van der Waals surface area contributed by atoms with Crippen molar-refractivity contribution in [2.24, 2.45) is 5.92 Å². The third kappa shape index (κ3) is 5.10. The summed E-state index contributed by atoms with van der Waals surface area (Å²) >= 11 is 0. The van der Waals surface area contributed by atoms with Gasteiger partial charge in [0.15, 0.2) is 0 Å². The number of amides is 1. The van der Waals surface area contributed by atoms with E-state index in [4.69, 9.17) is 4.74 Å². The van der Waals surface area contributed by atoms with E-state index in [1.165, 1.54) is 0 Å². The Balaban J connectivity index is 2.01. The average Bonchev–Trinajstić information content (AvgIpc) is 2.82. The van der Waals surface area contributed by atoms with Crippen LogP contribution in [-0.2, 0) is 17.8 Å². The molecule has 26 heavy (non-hydrogen) atoms. The zero-order valence-electron chi connectivity index (χ0n) is 16.8. The molecular weight excluding hydrogens is 326 g/mol. The molecule has 0 saturated heterocycles. The molecule has 1 aromatic heterocycles. The fraction of sp³-hybridized carbons (Fsp3) is 0.524. The summed E-state index contributed by atoms with van der Waals surface area (Å²) < 4.78 is 7.47. The van der Waals surface area contributed by atoms with Gasteiger partial charge in [-0.1, -0.05) is 26.0 Å². The summed E-state index contributed by atoms with van der Waals surface area (Å²) in [5.41, 5.74) is 4.11. The first-order valence-corrected chi connectivity index (χ1v) is 9.36. The molecule has 1 atom stereocenters. The minimum Gasteiger partial charge on any atom is -0.494 e. The van der Waals surface area contributed by atoms with Crippen LogP contribution in [-0.4, -0.2) is 22.3 Å². The van der Waals surface area contributed by atoms with Crippen LogP contribution in [0.25, 0.3) is 0 Å². The summed E-state index contributed by atoms with van der Waals surface area (Å²) in [6.45, 7) is 13.8. The van der Waals surface area contributed by atoms with Crippen LogP contribution in [0, 0.1) is 19.8 Å². The van der Waals surface area contributed by atoms with Crippen LogP contribution >= 0.6 is 0 Å². The van der Waals surface area contributed by atoms with Crippen molar-refractivity contribution in [3.05, 3.63) is 46.8 Å². The molecule has 2 rings (SSSR count). The van der Waals surface area contributed by atoms with Gasteiger partial charge in [-0.25, -0.2) is 0 Å². The Hall–Kier alpha value is -2.30. The van der Waals surface area contributed by atoms with Crippen LogP contribution in [0.15, 0.2) is 24.3 Å². The molecule has 0 spiro atoms. The van der Waals surface area contributed by atoms with Crippen LogP contribution < -0.4 is 10.1 Å². The molecule has 5 heteroatoms. The highest BCUT2D eigenvalue weighted by Gasteiger charge is 2.17. The van der Waals surface area contributed by atoms with E-state index >= 15 is 0 Å². The quantitative estimate of drug-likeness (QED) is 0.777. The largest absolute Gasteiger partial charge is 0.494 e. The Morgan fingerprint density at radius 2 is 1.85 bits per heavy atom. The molecule has 2 aromatic rings. The number of hydrogen-bond acceptors (Lipinski definition) is 3. The third-order valence-corrected chi connectivity index (χ3v) is 4.48. The van der Waals surface area contributed by atoms with Crippen LogP contribution in [0.4, 0.5) is 0 Å². The first-order valence-electron chi connectivity index (χ1n) is 9.36. The Morgan fingerprint density at radius 3 is 2.42 bits per heavy atom. The number of nitrogens with zero attached hydrogens (tertiary/aromatic N) is 2. The van der Waals surface area contributed by atoms with E-state index in [9.17, 15) is 4.79 Å². The lowest BCUT2D eigenvalue weighted by Gasteiger charge is -2.15. The molecule has 0 aliphatic rings. The topological polar surface area (TPSA) is 56.1 Å². The van der Waals surface area contributed by atoms with Crippen molar-refractivity contribution in [3.8, 4) is 5.75 Å². The summed E-state index contributed by atoms with van der Waals surface area (Å²) in [5, 5.41) is 7.67. The highest BCUT2D eigenvalue weighted by Crippen LogP contribution is 2.19. The van der Waals surface area contributed by atoms with E-state index in [-0.39, 0.29) is 11.9 Å². The van der Waals surface area contributed by atoms with Gasteiger partial charge in [-0.2, -0.15) is 5.10 Å². The number of aromatic nitrogens is 2. The van der Waals surface area contributed by atoms with Gasteiger partial charge in [-0.15, -0.1) is 0 Å². The Kier molecular flexibility index (Phi) is 6.83. The molecule has 0 aliphatic carbocycles. The first kappa shape index (κ1) is 20.0. The van der Waals surface area contributed by atoms with Gasteiger partial charge in [-0.3, -0.25) is 9.48 Å². The first-order chi connectivity index (χ1) is 12.3. The van der Waals surface area contributed by atoms with Gasteiger partial charge in [0.1, 0.15) is 5.75 Å². The summed E-state index contributed by atoms with van der Waals surface area (Å²) in [4.78, 5) is 12.5. The second-order valence-electron chi connectivity index (χ2n) is 7.19. The molecule has 1 aromatic carbocycles. The molecule has 0 aliphatic heterocycles. The Bertz CT molecular complexity index is 732. The van der Waals surface area contributed by atoms with Crippen molar-refractivity contribution in [2.75, 3.05) is 6.61 Å². The van der Waals surface area contributed by atoms with Crippen LogP contribution in [0.1, 0.15) is 56.3 Å². The normalized spacial score (nSPS) is 12.3. The fourth-order valence-corrected chi connectivity index (χ4v) is 3.07. The van der Waals surface area contributed by atoms with Gasteiger partial charge in [-0.05, 0) is 51.3 Å². The highest BCUT2D eigenvalue weighted by molar-refractivity contribution is 5.79. The number of rotatable bonds is 8. The molecule has 0 saturated carbocycles. The predicted octanol–water partition coefficient (Wildman–Crippen LogP) is 3.97. The van der Waals surface area contributed by atoms with Crippen LogP contribution in [0.2, 0.25) is 0 Å². The molecule has 0 fully saturated rings. The smallest absolute Gasteiger partial charge is 0.225 e. The van der Waals surface area contributed by atoms with Crippen molar-refractivity contribution in [1.29, 1.82) is 0 Å². The lowest BCUT2D eigenvalue weighted by Crippen LogP contribution is -2.28. The van der Waals surface area contributed by atoms with E-state index < -0.39 is 0 Å². The Morgan fingerprint density at radius 1 is 1.19 bits per heavy atom. The molecule has 5 nitrogen and oxygen atoms in total. The van der Waals surface area contributed by atoms with Gasteiger partial charge in [0, 0.05) is 17.8 Å². The van der Waals surface area contributed by atoms with E-state index in [2.05, 4.69) is 24.3 Å². The maximum absolute atomic E-state index is 12.5. The van der Waals surface area contributed by atoms with Crippen molar-refractivity contribution in [1.82, 2.24) is 15.1 Å². The zero-order valence-corrected chi connectivity index (χ0v) is 16.8. The molecule has 0 bridgehead atoms. The second-order valence-corrected chi connectivity index (χ2v) is 7.19. The van der Waals surface area contributed by atoms with Gasteiger partial charge in [0.2, 0.25) is 5.91 Å². The van der Waals surface area contributed by atoms with E-state index in [1.807, 2.05) is 56.6 Å². The number of carbonyl (C=O) groups is 1. The van der Waals surface area contributed by atoms with E-state index in [0.29, 0.717) is 18.9 Å². The monoisotopic (exact) mass is 357 g/mol. The SMILES string of the molecule is CCOc1ccc(C(C)NC(=O)Cc2c(C)nn(CC(C)C)c2C)cc1. The van der Waals surface area contributed by atoms with E-state index in [1.54, 1.807) is 0 Å². The second kappa shape index (κ2) is 8.88. The van der Waals surface area contributed by atoms with Crippen molar-refractivity contribution in [2.45, 2.75) is 60.5 Å². The predicted molar refractivity (Wildman–Crippen MR) is 104 cm³/mol. The van der Waals surface area contributed by atoms with Crippen molar-refractivity contribution < 1.29 is 9.53 Å². The molecule has 1 N–H and O–H groups in total. The van der Waals surface area contributed by atoms with Crippen molar-refractivity contribution in [3.63, 3.8) is 0 Å². The summed E-state index contributed by atoms with van der Waals surface area (Å²) in [6, 6.07) is 7.81. The van der Waals surface area contributed by atoms with E-state index in [0.717, 1.165) is 34.8 Å². The number of carbonyl (C=O) groups excluding carboxylic acids is 1. The number of benzene rings is 1. The Labute approximate surface area is 156 Å². The molecule has 0 radical (unpaired) electrons. The van der Waals surface area contributed by atoms with Crippen LogP contribution in [0.5, 0.6) is 5.75 Å². The molecule has 1 amide bonds. The van der Waals surface area contributed by atoms with Gasteiger partial charge in [0.05, 0.1) is 24.8 Å². The summed E-state index contributed by atoms with van der Waals surface area (Å²) in [7, 11) is 0. The van der Waals surface area contributed by atoms with Gasteiger partial charge in [0.25, 0.3) is 0 Å². The van der Waals surface area contributed by atoms with Crippen molar-refractivity contribution >= 4 is 5.91 Å².